The van der Waals surface area contributed by atoms with E-state index in [1.54, 1.807) is 0 Å². The van der Waals surface area contributed by atoms with Crippen LogP contribution in [0.2, 0.25) is 5.02 Å². The van der Waals surface area contributed by atoms with Gasteiger partial charge in [0.25, 0.3) is 0 Å². The van der Waals surface area contributed by atoms with Crippen LogP contribution >= 0.6 is 23.4 Å². The van der Waals surface area contributed by atoms with Crippen molar-refractivity contribution in [2.45, 2.75) is 38.9 Å². The van der Waals surface area contributed by atoms with Crippen molar-refractivity contribution in [1.82, 2.24) is 9.55 Å². The Bertz CT molecular complexity index is 661. The highest BCUT2D eigenvalue weighted by atomic mass is 35.5. The molecule has 0 saturated heterocycles. The van der Waals surface area contributed by atoms with Crippen molar-refractivity contribution in [2.24, 2.45) is 5.41 Å². The van der Waals surface area contributed by atoms with E-state index in [4.69, 9.17) is 16.7 Å². The number of carboxylic acids is 1. The number of halogens is 1. The Kier molecular flexibility index (Phi) is 4.84. The molecule has 6 heteroatoms. The van der Waals surface area contributed by atoms with Crippen molar-refractivity contribution >= 4 is 40.4 Å². The van der Waals surface area contributed by atoms with Gasteiger partial charge in [0, 0.05) is 6.54 Å². The first-order valence-electron chi connectivity index (χ1n) is 6.77. The first-order chi connectivity index (χ1) is 9.78. The third-order valence-corrected chi connectivity index (χ3v) is 4.36. The maximum atomic E-state index is 10.8. The van der Waals surface area contributed by atoms with Crippen LogP contribution in [0.3, 0.4) is 0 Å². The third kappa shape index (κ3) is 4.14. The average molecular weight is 327 g/mol. The number of hydrogen-bond donors (Lipinski definition) is 1. The predicted molar refractivity (Wildman–Crippen MR) is 87.2 cm³/mol. The Balaban J connectivity index is 2.41. The molecule has 1 aromatic heterocycles. The Hall–Kier alpha value is -1.20. The van der Waals surface area contributed by atoms with E-state index < -0.39 is 5.97 Å². The lowest BCUT2D eigenvalue weighted by Gasteiger charge is -2.19. The Morgan fingerprint density at radius 1 is 1.43 bits per heavy atom. The summed E-state index contributed by atoms with van der Waals surface area (Å²) >= 11 is 7.54. The Morgan fingerprint density at radius 3 is 2.76 bits per heavy atom. The highest BCUT2D eigenvalue weighted by Crippen LogP contribution is 2.31. The summed E-state index contributed by atoms with van der Waals surface area (Å²) in [6.45, 7) is 7.30. The number of fused-ring (bicyclic) bond motifs is 1. The van der Waals surface area contributed by atoms with Crippen LogP contribution in [0.5, 0.6) is 0 Å². The van der Waals surface area contributed by atoms with E-state index in [0.717, 1.165) is 24.0 Å². The van der Waals surface area contributed by atoms with Crippen LogP contribution in [0.15, 0.2) is 23.4 Å². The van der Waals surface area contributed by atoms with Crippen molar-refractivity contribution in [2.75, 3.05) is 5.75 Å². The molecule has 4 nitrogen and oxygen atoms in total. The maximum absolute atomic E-state index is 10.8. The van der Waals surface area contributed by atoms with Gasteiger partial charge in [0.15, 0.2) is 5.16 Å². The van der Waals surface area contributed by atoms with Crippen molar-refractivity contribution in [1.29, 1.82) is 0 Å². The van der Waals surface area contributed by atoms with Gasteiger partial charge in [-0.2, -0.15) is 0 Å². The molecule has 0 amide bonds. The fraction of sp³-hybridized carbons (Fsp3) is 0.467. The molecule has 0 saturated carbocycles. The number of aryl methyl sites for hydroxylation is 1. The second kappa shape index (κ2) is 6.28. The molecule has 114 valence electrons. The molecule has 0 fully saturated rings. The number of carbonyl (C=O) groups is 1. The highest BCUT2D eigenvalue weighted by molar-refractivity contribution is 7.99. The SMILES string of the molecule is CC(C)(C)CCn1c(SCC(=O)O)nc2cccc(Cl)c21. The van der Waals surface area contributed by atoms with Crippen molar-refractivity contribution in [3.8, 4) is 0 Å². The average Bonchev–Trinajstić information content (AvgIpc) is 2.72. The number of para-hydroxylation sites is 1. The van der Waals surface area contributed by atoms with E-state index in [-0.39, 0.29) is 11.2 Å². The zero-order valence-electron chi connectivity index (χ0n) is 12.4. The number of imidazole rings is 1. The summed E-state index contributed by atoms with van der Waals surface area (Å²) in [5.41, 5.74) is 1.88. The molecule has 21 heavy (non-hydrogen) atoms. The number of aliphatic carboxylic acids is 1. The van der Waals surface area contributed by atoms with Gasteiger partial charge in [-0.05, 0) is 24.0 Å². The van der Waals surface area contributed by atoms with Gasteiger partial charge in [0.2, 0.25) is 0 Å². The van der Waals surface area contributed by atoms with Gasteiger partial charge in [0.05, 0.1) is 21.8 Å². The summed E-state index contributed by atoms with van der Waals surface area (Å²) in [5, 5.41) is 10.2. The molecule has 0 aliphatic carbocycles. The number of hydrogen-bond acceptors (Lipinski definition) is 3. The minimum Gasteiger partial charge on any atom is -0.481 e. The summed E-state index contributed by atoms with van der Waals surface area (Å²) in [5.74, 6) is -0.850. The van der Waals surface area contributed by atoms with E-state index in [9.17, 15) is 4.79 Å². The van der Waals surface area contributed by atoms with Gasteiger partial charge in [0.1, 0.15) is 0 Å². The number of nitrogens with zero attached hydrogens (tertiary/aromatic N) is 2. The number of benzene rings is 1. The van der Waals surface area contributed by atoms with Gasteiger partial charge in [-0.25, -0.2) is 4.98 Å². The lowest BCUT2D eigenvalue weighted by atomic mass is 9.92. The van der Waals surface area contributed by atoms with Crippen LogP contribution in [0, 0.1) is 5.41 Å². The summed E-state index contributed by atoms with van der Waals surface area (Å²) in [7, 11) is 0. The van der Waals surface area contributed by atoms with Crippen LogP contribution in [0.4, 0.5) is 0 Å². The lowest BCUT2D eigenvalue weighted by Crippen LogP contribution is -2.11. The van der Waals surface area contributed by atoms with Gasteiger partial charge in [-0.1, -0.05) is 50.2 Å². The zero-order chi connectivity index (χ0) is 15.6. The van der Waals surface area contributed by atoms with Crippen LogP contribution in [0.25, 0.3) is 11.0 Å². The smallest absolute Gasteiger partial charge is 0.313 e. The van der Waals surface area contributed by atoms with E-state index in [2.05, 4.69) is 25.8 Å². The maximum Gasteiger partial charge on any atom is 0.313 e. The Labute approximate surface area is 133 Å². The quantitative estimate of drug-likeness (QED) is 0.832. The molecule has 2 rings (SSSR count). The number of thioether (sulfide) groups is 1. The summed E-state index contributed by atoms with van der Waals surface area (Å²) in [6.07, 6.45) is 0.963. The first-order valence-corrected chi connectivity index (χ1v) is 8.13. The molecule has 0 unspecified atom stereocenters. The minimum atomic E-state index is -0.847. The monoisotopic (exact) mass is 326 g/mol. The molecule has 0 aliphatic heterocycles. The van der Waals surface area contributed by atoms with Crippen molar-refractivity contribution < 1.29 is 9.90 Å². The number of aromatic nitrogens is 2. The second-order valence-electron chi connectivity index (χ2n) is 6.15. The molecule has 0 radical (unpaired) electrons. The van der Waals surface area contributed by atoms with Crippen molar-refractivity contribution in [3.05, 3.63) is 23.2 Å². The largest absolute Gasteiger partial charge is 0.481 e. The van der Waals surface area contributed by atoms with E-state index in [1.165, 1.54) is 11.8 Å². The fourth-order valence-electron chi connectivity index (χ4n) is 2.01. The molecule has 1 aromatic carbocycles. The molecule has 1 heterocycles. The van der Waals surface area contributed by atoms with Crippen LogP contribution in [-0.2, 0) is 11.3 Å². The molecule has 0 bridgehead atoms. The normalized spacial score (nSPS) is 12.0. The van der Waals surface area contributed by atoms with Crippen LogP contribution in [-0.4, -0.2) is 26.4 Å². The van der Waals surface area contributed by atoms with E-state index >= 15 is 0 Å². The molecule has 0 spiro atoms. The molecular weight excluding hydrogens is 308 g/mol. The Morgan fingerprint density at radius 2 is 2.14 bits per heavy atom. The summed E-state index contributed by atoms with van der Waals surface area (Å²) in [6, 6.07) is 5.60. The standard InChI is InChI=1S/C15H19ClN2O2S/c1-15(2,3)7-8-18-13-10(16)5-4-6-11(13)17-14(18)21-9-12(19)20/h4-6H,7-9H2,1-3H3,(H,19,20). The van der Waals surface area contributed by atoms with Crippen LogP contribution < -0.4 is 0 Å². The van der Waals surface area contributed by atoms with E-state index in [0.29, 0.717) is 10.2 Å². The minimum absolute atomic E-state index is 0.00351. The topological polar surface area (TPSA) is 55.1 Å². The fourth-order valence-corrected chi connectivity index (χ4v) is 3.04. The number of carboxylic acid groups (broad SMARTS) is 1. The third-order valence-electron chi connectivity index (χ3n) is 3.09. The van der Waals surface area contributed by atoms with Gasteiger partial charge < -0.3 is 9.67 Å². The summed E-state index contributed by atoms with van der Waals surface area (Å²) in [4.78, 5) is 15.3. The second-order valence-corrected chi connectivity index (χ2v) is 7.50. The molecule has 0 atom stereocenters. The zero-order valence-corrected chi connectivity index (χ0v) is 14.0. The molecule has 0 aliphatic rings. The lowest BCUT2D eigenvalue weighted by molar-refractivity contribution is -0.133. The van der Waals surface area contributed by atoms with Crippen molar-refractivity contribution in [3.63, 3.8) is 0 Å². The first kappa shape index (κ1) is 16.2. The molecular formula is C15H19ClN2O2S. The summed E-state index contributed by atoms with van der Waals surface area (Å²) < 4.78 is 2.04. The highest BCUT2D eigenvalue weighted by Gasteiger charge is 2.17. The predicted octanol–water partition coefficient (Wildman–Crippen LogP) is 4.30. The van der Waals surface area contributed by atoms with Crippen LogP contribution in [0.1, 0.15) is 27.2 Å². The molecule has 1 N–H and O–H groups in total. The van der Waals surface area contributed by atoms with Gasteiger partial charge in [-0.15, -0.1) is 0 Å². The molecule has 2 aromatic rings. The number of rotatable bonds is 5. The van der Waals surface area contributed by atoms with Gasteiger partial charge >= 0.3 is 5.97 Å². The van der Waals surface area contributed by atoms with E-state index in [1.807, 2.05) is 22.8 Å². The van der Waals surface area contributed by atoms with Gasteiger partial charge in [-0.3, -0.25) is 4.79 Å².